The second-order valence-electron chi connectivity index (χ2n) is 8.73. The zero-order valence-electron chi connectivity index (χ0n) is 20.5. The number of halogens is 1. The number of carbonyl (C=O) groups is 2. The average molecular weight is 537 g/mol. The summed E-state index contributed by atoms with van der Waals surface area (Å²) in [5.41, 5.74) is 2.39. The predicted molar refractivity (Wildman–Crippen MR) is 145 cm³/mol. The standard InChI is InChI=1S/C28H25ClN2O5S/c1-30-15-16(17-7-4-5-8-20(17)30)10-11-31-25(23-9-6-12-37-23)24(27(33)28(31)34)26(32)18-13-19(29)22(36-3)14-21(18)35-2/h4-9,12-15,25,32H,10-11H2,1-3H3/b26-24-. The minimum atomic E-state index is -0.747. The quantitative estimate of drug-likeness (QED) is 0.190. The van der Waals surface area contributed by atoms with E-state index in [0.717, 1.165) is 21.3 Å². The van der Waals surface area contributed by atoms with Crippen LogP contribution in [0.5, 0.6) is 11.5 Å². The first-order valence-electron chi connectivity index (χ1n) is 11.6. The van der Waals surface area contributed by atoms with Gasteiger partial charge in [-0.15, -0.1) is 11.3 Å². The highest BCUT2D eigenvalue weighted by Crippen LogP contribution is 2.44. The lowest BCUT2D eigenvalue weighted by Crippen LogP contribution is -2.31. The molecule has 0 spiro atoms. The van der Waals surface area contributed by atoms with Gasteiger partial charge in [0, 0.05) is 41.6 Å². The molecular formula is C28H25ClN2O5S. The molecule has 0 aliphatic carbocycles. The summed E-state index contributed by atoms with van der Waals surface area (Å²) in [6.45, 7) is 0.304. The van der Waals surface area contributed by atoms with E-state index in [1.54, 1.807) is 4.90 Å². The molecule has 1 N–H and O–H groups in total. The van der Waals surface area contributed by atoms with Crippen LogP contribution in [0.3, 0.4) is 0 Å². The Morgan fingerprint density at radius 2 is 1.84 bits per heavy atom. The van der Waals surface area contributed by atoms with E-state index < -0.39 is 17.7 Å². The van der Waals surface area contributed by atoms with E-state index in [4.69, 9.17) is 21.1 Å². The molecular weight excluding hydrogens is 512 g/mol. The zero-order valence-corrected chi connectivity index (χ0v) is 22.1. The van der Waals surface area contributed by atoms with Crippen molar-refractivity contribution in [3.63, 3.8) is 0 Å². The van der Waals surface area contributed by atoms with Crippen LogP contribution in [0.2, 0.25) is 5.02 Å². The SMILES string of the molecule is COc1cc(OC)c(/C(O)=C2/C(=O)C(=O)N(CCc3cn(C)c4ccccc34)C2c2cccs2)cc1Cl. The Hall–Kier alpha value is -3.75. The molecule has 1 fully saturated rings. The number of thiophene rings is 1. The first-order valence-corrected chi connectivity index (χ1v) is 12.9. The van der Waals surface area contributed by atoms with Crippen LogP contribution in [0, 0.1) is 0 Å². The molecule has 1 saturated heterocycles. The monoisotopic (exact) mass is 536 g/mol. The molecule has 1 amide bonds. The van der Waals surface area contributed by atoms with Crippen molar-refractivity contribution in [2.45, 2.75) is 12.5 Å². The van der Waals surface area contributed by atoms with E-state index in [-0.39, 0.29) is 27.7 Å². The number of aliphatic hydroxyl groups excluding tert-OH is 1. The lowest BCUT2D eigenvalue weighted by atomic mass is 9.99. The Labute approximate surface area is 223 Å². The number of ether oxygens (including phenoxy) is 2. The molecule has 4 aromatic rings. The number of ketones is 1. The van der Waals surface area contributed by atoms with Crippen LogP contribution < -0.4 is 9.47 Å². The van der Waals surface area contributed by atoms with Gasteiger partial charge in [-0.1, -0.05) is 35.9 Å². The smallest absolute Gasteiger partial charge is 0.295 e. The van der Waals surface area contributed by atoms with Crippen molar-refractivity contribution >= 4 is 51.3 Å². The van der Waals surface area contributed by atoms with Crippen molar-refractivity contribution in [3.8, 4) is 11.5 Å². The highest BCUT2D eigenvalue weighted by Gasteiger charge is 2.46. The second-order valence-corrected chi connectivity index (χ2v) is 10.1. The Morgan fingerprint density at radius 1 is 1.08 bits per heavy atom. The van der Waals surface area contributed by atoms with E-state index in [1.807, 2.05) is 49.0 Å². The molecule has 1 atom stereocenters. The molecule has 0 saturated carbocycles. The Balaban J connectivity index is 1.58. The summed E-state index contributed by atoms with van der Waals surface area (Å²) in [6.07, 6.45) is 2.60. The Morgan fingerprint density at radius 3 is 2.54 bits per heavy atom. The molecule has 9 heteroatoms. The molecule has 5 rings (SSSR count). The van der Waals surface area contributed by atoms with E-state index in [0.29, 0.717) is 18.7 Å². The molecule has 1 unspecified atom stereocenters. The highest BCUT2D eigenvalue weighted by molar-refractivity contribution is 7.10. The maximum absolute atomic E-state index is 13.4. The average Bonchev–Trinajstić information content (AvgIpc) is 3.61. The topological polar surface area (TPSA) is 81.0 Å². The molecule has 1 aliphatic rings. The van der Waals surface area contributed by atoms with Gasteiger partial charge in [-0.2, -0.15) is 0 Å². The van der Waals surface area contributed by atoms with Gasteiger partial charge in [-0.3, -0.25) is 9.59 Å². The summed E-state index contributed by atoms with van der Waals surface area (Å²) in [5, 5.41) is 14.6. The van der Waals surface area contributed by atoms with Crippen molar-refractivity contribution in [2.24, 2.45) is 7.05 Å². The zero-order chi connectivity index (χ0) is 26.3. The number of carbonyl (C=O) groups excluding carboxylic acids is 2. The van der Waals surface area contributed by atoms with Gasteiger partial charge in [0.15, 0.2) is 0 Å². The van der Waals surface area contributed by atoms with Crippen LogP contribution in [0.4, 0.5) is 0 Å². The van der Waals surface area contributed by atoms with Crippen LogP contribution in [0.1, 0.15) is 22.0 Å². The number of rotatable bonds is 7. The van der Waals surface area contributed by atoms with Crippen LogP contribution in [-0.2, 0) is 23.1 Å². The number of aryl methyl sites for hydroxylation is 1. The van der Waals surface area contributed by atoms with Gasteiger partial charge in [0.1, 0.15) is 17.3 Å². The van der Waals surface area contributed by atoms with E-state index in [2.05, 4.69) is 10.6 Å². The molecule has 190 valence electrons. The minimum Gasteiger partial charge on any atom is -0.507 e. The van der Waals surface area contributed by atoms with Crippen LogP contribution in [0.25, 0.3) is 16.7 Å². The number of hydrogen-bond acceptors (Lipinski definition) is 6. The molecule has 7 nitrogen and oxygen atoms in total. The largest absolute Gasteiger partial charge is 0.507 e. The maximum atomic E-state index is 13.4. The number of benzene rings is 2. The lowest BCUT2D eigenvalue weighted by molar-refractivity contribution is -0.139. The molecule has 2 aromatic carbocycles. The lowest BCUT2D eigenvalue weighted by Gasteiger charge is -2.24. The third-order valence-corrected chi connectivity index (χ3v) is 7.90. The fourth-order valence-corrected chi connectivity index (χ4v) is 6.00. The molecule has 37 heavy (non-hydrogen) atoms. The van der Waals surface area contributed by atoms with Gasteiger partial charge in [0.2, 0.25) is 0 Å². The van der Waals surface area contributed by atoms with Crippen LogP contribution in [-0.4, -0.2) is 47.0 Å². The fourth-order valence-electron chi connectivity index (χ4n) is 4.91. The number of methoxy groups -OCH3 is 2. The molecule has 1 aliphatic heterocycles. The van der Waals surface area contributed by atoms with Crippen molar-refractivity contribution in [2.75, 3.05) is 20.8 Å². The second kappa shape index (κ2) is 9.95. The number of amides is 1. The van der Waals surface area contributed by atoms with Gasteiger partial charge in [0.05, 0.1) is 36.4 Å². The van der Waals surface area contributed by atoms with Crippen molar-refractivity contribution in [1.29, 1.82) is 0 Å². The number of aromatic nitrogens is 1. The van der Waals surface area contributed by atoms with Gasteiger partial charge < -0.3 is 24.0 Å². The van der Waals surface area contributed by atoms with E-state index >= 15 is 0 Å². The fraction of sp³-hybridized carbons (Fsp3) is 0.214. The number of fused-ring (bicyclic) bond motifs is 1. The summed E-state index contributed by atoms with van der Waals surface area (Å²) in [4.78, 5) is 29.0. The van der Waals surface area contributed by atoms with E-state index in [1.165, 1.54) is 37.7 Å². The first-order chi connectivity index (χ1) is 17.8. The summed E-state index contributed by atoms with van der Waals surface area (Å²) in [7, 11) is 4.90. The highest BCUT2D eigenvalue weighted by atomic mass is 35.5. The number of nitrogens with zero attached hydrogens (tertiary/aromatic N) is 2. The van der Waals surface area contributed by atoms with Gasteiger partial charge >= 0.3 is 0 Å². The maximum Gasteiger partial charge on any atom is 0.295 e. The summed E-state index contributed by atoms with van der Waals surface area (Å²) < 4.78 is 12.7. The number of Topliss-reactive ketones (excluding diaryl/α,β-unsaturated/α-hetero) is 1. The van der Waals surface area contributed by atoms with Crippen molar-refractivity contribution < 1.29 is 24.2 Å². The Bertz CT molecular complexity index is 1540. The Kier molecular flexibility index (Phi) is 6.70. The van der Waals surface area contributed by atoms with E-state index in [9.17, 15) is 14.7 Å². The minimum absolute atomic E-state index is 0.00454. The third kappa shape index (κ3) is 4.26. The van der Waals surface area contributed by atoms with Crippen LogP contribution >= 0.6 is 22.9 Å². The summed E-state index contributed by atoms with van der Waals surface area (Å²) in [5.74, 6) is -1.11. The van der Waals surface area contributed by atoms with Gasteiger partial charge in [-0.25, -0.2) is 0 Å². The number of likely N-dealkylation sites (tertiary alicyclic amines) is 1. The normalized spacial score (nSPS) is 17.1. The van der Waals surface area contributed by atoms with Crippen LogP contribution in [0.15, 0.2) is 65.7 Å². The number of para-hydroxylation sites is 1. The first kappa shape index (κ1) is 24.9. The van der Waals surface area contributed by atoms with Gasteiger partial charge in [-0.05, 0) is 35.6 Å². The number of aliphatic hydroxyl groups is 1. The molecule has 3 heterocycles. The number of hydrogen-bond donors (Lipinski definition) is 1. The molecule has 0 radical (unpaired) electrons. The molecule has 2 aromatic heterocycles. The van der Waals surface area contributed by atoms with Crippen molar-refractivity contribution in [1.82, 2.24) is 9.47 Å². The summed E-state index contributed by atoms with van der Waals surface area (Å²) in [6, 6.07) is 14.1. The van der Waals surface area contributed by atoms with Gasteiger partial charge in [0.25, 0.3) is 11.7 Å². The van der Waals surface area contributed by atoms with Crippen molar-refractivity contribution in [3.05, 3.63) is 86.7 Å². The third-order valence-electron chi connectivity index (χ3n) is 6.68. The predicted octanol–water partition coefficient (Wildman–Crippen LogP) is 5.57. The summed E-state index contributed by atoms with van der Waals surface area (Å²) >= 11 is 7.75. The molecule has 0 bridgehead atoms.